The summed E-state index contributed by atoms with van der Waals surface area (Å²) in [6.45, 7) is 0.769. The highest BCUT2D eigenvalue weighted by Gasteiger charge is 2.27. The van der Waals surface area contributed by atoms with Crippen LogP contribution in [0.4, 0.5) is 0 Å². The van der Waals surface area contributed by atoms with Crippen molar-refractivity contribution in [2.45, 2.75) is 18.9 Å². The smallest absolute Gasteiger partial charge is 0.150 e. The van der Waals surface area contributed by atoms with Gasteiger partial charge in [-0.15, -0.1) is 0 Å². The number of nitrogens with one attached hydrogen (secondary N) is 1. The van der Waals surface area contributed by atoms with Gasteiger partial charge in [0.2, 0.25) is 0 Å². The Morgan fingerprint density at radius 1 is 1.46 bits per heavy atom. The van der Waals surface area contributed by atoms with E-state index in [2.05, 4.69) is 5.32 Å². The molecule has 0 saturated carbocycles. The monoisotopic (exact) mass is 206 g/mol. The van der Waals surface area contributed by atoms with Crippen molar-refractivity contribution in [3.05, 3.63) is 0 Å². The van der Waals surface area contributed by atoms with Gasteiger partial charge >= 0.3 is 0 Å². The Kier molecular flexibility index (Phi) is 3.70. The molecular weight excluding hydrogens is 188 g/mol. The fourth-order valence-corrected chi connectivity index (χ4v) is 3.27. The minimum absolute atomic E-state index is 0.0977. The first-order chi connectivity index (χ1) is 6.05. The van der Waals surface area contributed by atoms with E-state index in [0.717, 1.165) is 19.4 Å². The molecule has 0 spiro atoms. The third-order valence-corrected chi connectivity index (χ3v) is 4.36. The Hall–Kier alpha value is -0.130. The SMILES string of the molecule is CNCC(N)C1CCS(=O)(=O)CC1. The molecule has 1 aliphatic heterocycles. The maximum Gasteiger partial charge on any atom is 0.150 e. The van der Waals surface area contributed by atoms with Gasteiger partial charge in [-0.05, 0) is 25.8 Å². The summed E-state index contributed by atoms with van der Waals surface area (Å²) >= 11 is 0. The van der Waals surface area contributed by atoms with Crippen LogP contribution in [0.15, 0.2) is 0 Å². The largest absolute Gasteiger partial charge is 0.326 e. The lowest BCUT2D eigenvalue weighted by Crippen LogP contribution is -2.42. The molecule has 3 N–H and O–H groups in total. The molecule has 0 bridgehead atoms. The van der Waals surface area contributed by atoms with E-state index in [9.17, 15) is 8.42 Å². The minimum Gasteiger partial charge on any atom is -0.326 e. The van der Waals surface area contributed by atoms with Gasteiger partial charge in [0.15, 0.2) is 0 Å². The first kappa shape index (κ1) is 10.9. The summed E-state index contributed by atoms with van der Waals surface area (Å²) in [6, 6.07) is 0.0977. The quantitative estimate of drug-likeness (QED) is 0.644. The van der Waals surface area contributed by atoms with E-state index in [1.54, 1.807) is 0 Å². The van der Waals surface area contributed by atoms with Crippen LogP contribution in [0.1, 0.15) is 12.8 Å². The first-order valence-electron chi connectivity index (χ1n) is 4.66. The van der Waals surface area contributed by atoms with Crippen molar-refractivity contribution >= 4 is 9.84 Å². The zero-order chi connectivity index (χ0) is 9.90. The third-order valence-electron chi connectivity index (χ3n) is 2.64. The molecule has 1 rings (SSSR count). The number of sulfone groups is 1. The van der Waals surface area contributed by atoms with Crippen molar-refractivity contribution in [1.82, 2.24) is 5.32 Å². The molecule has 1 saturated heterocycles. The van der Waals surface area contributed by atoms with Crippen LogP contribution in [0.2, 0.25) is 0 Å². The fourth-order valence-electron chi connectivity index (χ4n) is 1.74. The van der Waals surface area contributed by atoms with Crippen LogP contribution in [0.3, 0.4) is 0 Å². The summed E-state index contributed by atoms with van der Waals surface area (Å²) in [7, 11) is -0.880. The topological polar surface area (TPSA) is 72.2 Å². The van der Waals surface area contributed by atoms with Crippen molar-refractivity contribution in [2.24, 2.45) is 11.7 Å². The average molecular weight is 206 g/mol. The predicted octanol–water partition coefficient (Wildman–Crippen LogP) is -0.642. The Bertz CT molecular complexity index is 237. The molecule has 1 heterocycles. The van der Waals surface area contributed by atoms with Gasteiger partial charge in [-0.3, -0.25) is 0 Å². The Morgan fingerprint density at radius 2 is 2.00 bits per heavy atom. The van der Waals surface area contributed by atoms with E-state index < -0.39 is 9.84 Å². The molecule has 1 atom stereocenters. The Labute approximate surface area is 79.8 Å². The van der Waals surface area contributed by atoms with Crippen LogP contribution < -0.4 is 11.1 Å². The summed E-state index contributed by atoms with van der Waals surface area (Å²) in [5, 5.41) is 3.01. The molecule has 0 amide bonds. The molecule has 0 aromatic carbocycles. The first-order valence-corrected chi connectivity index (χ1v) is 6.48. The lowest BCUT2D eigenvalue weighted by atomic mass is 9.94. The number of nitrogens with two attached hydrogens (primary N) is 1. The highest BCUT2D eigenvalue weighted by molar-refractivity contribution is 7.91. The zero-order valence-corrected chi connectivity index (χ0v) is 8.81. The van der Waals surface area contributed by atoms with Crippen molar-refractivity contribution in [1.29, 1.82) is 0 Å². The summed E-state index contributed by atoms with van der Waals surface area (Å²) in [6.07, 6.45) is 1.45. The van der Waals surface area contributed by atoms with E-state index in [1.165, 1.54) is 0 Å². The molecule has 78 valence electrons. The molecule has 1 fully saturated rings. The maximum atomic E-state index is 11.1. The summed E-state index contributed by atoms with van der Waals surface area (Å²) in [5.74, 6) is 1.00. The molecule has 4 nitrogen and oxygen atoms in total. The van der Waals surface area contributed by atoms with Crippen LogP contribution >= 0.6 is 0 Å². The Balaban J connectivity index is 2.40. The van der Waals surface area contributed by atoms with E-state index >= 15 is 0 Å². The molecule has 1 aliphatic rings. The van der Waals surface area contributed by atoms with Crippen molar-refractivity contribution < 1.29 is 8.42 Å². The van der Waals surface area contributed by atoms with Crippen LogP contribution in [-0.2, 0) is 9.84 Å². The Morgan fingerprint density at radius 3 is 2.46 bits per heavy atom. The highest BCUT2D eigenvalue weighted by atomic mass is 32.2. The predicted molar refractivity (Wildman–Crippen MR) is 53.3 cm³/mol. The van der Waals surface area contributed by atoms with E-state index in [1.807, 2.05) is 7.05 Å². The van der Waals surface area contributed by atoms with Crippen LogP contribution in [0, 0.1) is 5.92 Å². The number of likely N-dealkylation sites (N-methyl/N-ethyl adjacent to an activating group) is 1. The van der Waals surface area contributed by atoms with Gasteiger partial charge < -0.3 is 11.1 Å². The van der Waals surface area contributed by atoms with Crippen LogP contribution in [0.5, 0.6) is 0 Å². The van der Waals surface area contributed by atoms with Gasteiger partial charge in [-0.2, -0.15) is 0 Å². The molecule has 13 heavy (non-hydrogen) atoms. The fraction of sp³-hybridized carbons (Fsp3) is 1.00. The van der Waals surface area contributed by atoms with Gasteiger partial charge in [-0.25, -0.2) is 8.42 Å². The van der Waals surface area contributed by atoms with Crippen molar-refractivity contribution in [2.75, 3.05) is 25.1 Å². The zero-order valence-electron chi connectivity index (χ0n) is 7.99. The van der Waals surface area contributed by atoms with Gasteiger partial charge in [-0.1, -0.05) is 0 Å². The maximum absolute atomic E-state index is 11.1. The van der Waals surface area contributed by atoms with Crippen molar-refractivity contribution in [3.63, 3.8) is 0 Å². The van der Waals surface area contributed by atoms with Gasteiger partial charge in [0.25, 0.3) is 0 Å². The van der Waals surface area contributed by atoms with E-state index in [0.29, 0.717) is 17.4 Å². The van der Waals surface area contributed by atoms with Gasteiger partial charge in [0, 0.05) is 12.6 Å². The summed E-state index contributed by atoms with van der Waals surface area (Å²) in [5.41, 5.74) is 5.89. The van der Waals surface area contributed by atoms with E-state index in [4.69, 9.17) is 5.73 Å². The minimum atomic E-state index is -2.74. The van der Waals surface area contributed by atoms with Crippen LogP contribution in [-0.4, -0.2) is 39.6 Å². The molecular formula is C8H18N2O2S. The van der Waals surface area contributed by atoms with Crippen molar-refractivity contribution in [3.8, 4) is 0 Å². The average Bonchev–Trinajstić information content (AvgIpc) is 2.04. The second-order valence-electron chi connectivity index (χ2n) is 3.71. The molecule has 0 aromatic heterocycles. The molecule has 0 aliphatic carbocycles. The lowest BCUT2D eigenvalue weighted by molar-refractivity contribution is 0.375. The second kappa shape index (κ2) is 4.39. The molecule has 1 unspecified atom stereocenters. The molecule has 0 radical (unpaired) electrons. The standard InChI is InChI=1S/C8H18N2O2S/c1-10-6-8(9)7-2-4-13(11,12)5-3-7/h7-8,10H,2-6,9H2,1H3. The number of hydrogen-bond donors (Lipinski definition) is 2. The number of rotatable bonds is 3. The number of hydrogen-bond acceptors (Lipinski definition) is 4. The van der Waals surface area contributed by atoms with Crippen LogP contribution in [0.25, 0.3) is 0 Å². The summed E-state index contributed by atoms with van der Waals surface area (Å²) < 4.78 is 22.2. The highest BCUT2D eigenvalue weighted by Crippen LogP contribution is 2.20. The normalized spacial score (nSPS) is 25.7. The third kappa shape index (κ3) is 3.25. The lowest BCUT2D eigenvalue weighted by Gasteiger charge is -2.27. The second-order valence-corrected chi connectivity index (χ2v) is 6.01. The molecule has 0 aromatic rings. The van der Waals surface area contributed by atoms with Gasteiger partial charge in [0.1, 0.15) is 9.84 Å². The van der Waals surface area contributed by atoms with E-state index in [-0.39, 0.29) is 6.04 Å². The summed E-state index contributed by atoms with van der Waals surface area (Å²) in [4.78, 5) is 0. The van der Waals surface area contributed by atoms with Gasteiger partial charge in [0.05, 0.1) is 11.5 Å². The molecule has 5 heteroatoms.